The van der Waals surface area contributed by atoms with Crippen molar-refractivity contribution in [1.82, 2.24) is 10.6 Å². The van der Waals surface area contributed by atoms with E-state index in [9.17, 15) is 14.9 Å². The molecular weight excluding hydrogens is 248 g/mol. The van der Waals surface area contributed by atoms with Gasteiger partial charge in [0.25, 0.3) is 11.6 Å². The fourth-order valence-electron chi connectivity index (χ4n) is 2.15. The van der Waals surface area contributed by atoms with Crippen LogP contribution in [0.15, 0.2) is 18.2 Å². The van der Waals surface area contributed by atoms with Crippen LogP contribution in [0.25, 0.3) is 0 Å². The number of para-hydroxylation sites is 1. The van der Waals surface area contributed by atoms with Crippen LogP contribution in [0.5, 0.6) is 0 Å². The van der Waals surface area contributed by atoms with Crippen LogP contribution < -0.4 is 16.4 Å². The van der Waals surface area contributed by atoms with Gasteiger partial charge in [-0.05, 0) is 25.5 Å². The smallest absolute Gasteiger partial charge is 0.292 e. The van der Waals surface area contributed by atoms with Crippen LogP contribution in [-0.2, 0) is 0 Å². The van der Waals surface area contributed by atoms with E-state index in [4.69, 9.17) is 5.73 Å². The average molecular weight is 264 g/mol. The Morgan fingerprint density at radius 1 is 1.53 bits per heavy atom. The van der Waals surface area contributed by atoms with Crippen LogP contribution in [-0.4, -0.2) is 30.0 Å². The minimum Gasteiger partial charge on any atom is -0.393 e. The second-order valence-electron chi connectivity index (χ2n) is 4.51. The van der Waals surface area contributed by atoms with E-state index in [1.807, 2.05) is 0 Å². The Kier molecular flexibility index (Phi) is 3.96. The molecule has 0 spiro atoms. The van der Waals surface area contributed by atoms with Gasteiger partial charge < -0.3 is 16.4 Å². The van der Waals surface area contributed by atoms with Crippen LogP contribution in [0, 0.1) is 10.1 Å². The molecule has 7 nitrogen and oxygen atoms in total. The van der Waals surface area contributed by atoms with Crippen molar-refractivity contribution in [2.24, 2.45) is 0 Å². The van der Waals surface area contributed by atoms with E-state index in [0.29, 0.717) is 6.54 Å². The first-order chi connectivity index (χ1) is 9.09. The lowest BCUT2D eigenvalue weighted by Gasteiger charge is -2.24. The number of hydrogen-bond acceptors (Lipinski definition) is 5. The number of anilines is 1. The maximum Gasteiger partial charge on any atom is 0.292 e. The van der Waals surface area contributed by atoms with E-state index in [1.165, 1.54) is 18.2 Å². The Balaban J connectivity index is 2.14. The second kappa shape index (κ2) is 5.66. The van der Waals surface area contributed by atoms with Gasteiger partial charge in [0.1, 0.15) is 5.69 Å². The second-order valence-corrected chi connectivity index (χ2v) is 4.51. The number of piperidine rings is 1. The fourth-order valence-corrected chi connectivity index (χ4v) is 2.15. The molecule has 7 heteroatoms. The maximum absolute atomic E-state index is 12.1. The zero-order valence-corrected chi connectivity index (χ0v) is 10.4. The zero-order valence-electron chi connectivity index (χ0n) is 10.4. The standard InChI is InChI=1S/C12H16N4O3/c13-11-9(4-1-5-10(11)16(18)19)12(17)15-8-3-2-6-14-7-8/h1,4-5,8,14H,2-3,6-7,13H2,(H,15,17)/t8-/m0/s1. The van der Waals surface area contributed by atoms with Crippen LogP contribution >= 0.6 is 0 Å². The summed E-state index contributed by atoms with van der Waals surface area (Å²) >= 11 is 0. The first-order valence-corrected chi connectivity index (χ1v) is 6.14. The Hall–Kier alpha value is -2.15. The Morgan fingerprint density at radius 2 is 2.32 bits per heavy atom. The molecule has 1 amide bonds. The molecule has 1 saturated heterocycles. The van der Waals surface area contributed by atoms with Crippen LogP contribution in [0.2, 0.25) is 0 Å². The van der Waals surface area contributed by atoms with E-state index in [1.54, 1.807) is 0 Å². The Bertz CT molecular complexity index is 498. The first-order valence-electron chi connectivity index (χ1n) is 6.14. The normalized spacial score (nSPS) is 18.8. The van der Waals surface area contributed by atoms with Crippen LogP contribution in [0.3, 0.4) is 0 Å². The van der Waals surface area contributed by atoms with E-state index >= 15 is 0 Å². The van der Waals surface area contributed by atoms with Crippen molar-refractivity contribution in [1.29, 1.82) is 0 Å². The molecule has 2 rings (SSSR count). The number of hydrogen-bond donors (Lipinski definition) is 3. The van der Waals surface area contributed by atoms with Gasteiger partial charge in [0.15, 0.2) is 0 Å². The van der Waals surface area contributed by atoms with Gasteiger partial charge in [-0.1, -0.05) is 6.07 Å². The number of nitrogens with zero attached hydrogens (tertiary/aromatic N) is 1. The molecule has 0 aromatic heterocycles. The van der Waals surface area contributed by atoms with Crippen molar-refractivity contribution in [3.8, 4) is 0 Å². The van der Waals surface area contributed by atoms with Gasteiger partial charge in [-0.2, -0.15) is 0 Å². The predicted octanol–water partition coefficient (Wildman–Crippen LogP) is 0.659. The number of carbonyl (C=O) groups is 1. The predicted molar refractivity (Wildman–Crippen MR) is 70.9 cm³/mol. The topological polar surface area (TPSA) is 110 Å². The third-order valence-electron chi connectivity index (χ3n) is 3.16. The third kappa shape index (κ3) is 3.00. The lowest BCUT2D eigenvalue weighted by molar-refractivity contribution is -0.383. The van der Waals surface area contributed by atoms with Gasteiger partial charge in [-0.25, -0.2) is 0 Å². The largest absolute Gasteiger partial charge is 0.393 e. The molecule has 1 aromatic carbocycles. The molecule has 1 heterocycles. The van der Waals surface area contributed by atoms with Gasteiger partial charge in [-0.3, -0.25) is 14.9 Å². The number of nitrogen functional groups attached to an aromatic ring is 1. The van der Waals surface area contributed by atoms with Crippen molar-refractivity contribution < 1.29 is 9.72 Å². The maximum atomic E-state index is 12.1. The summed E-state index contributed by atoms with van der Waals surface area (Å²) in [7, 11) is 0. The quantitative estimate of drug-likeness (QED) is 0.422. The van der Waals surface area contributed by atoms with Crippen molar-refractivity contribution in [3.63, 3.8) is 0 Å². The molecule has 4 N–H and O–H groups in total. The van der Waals surface area contributed by atoms with Gasteiger partial charge in [0.2, 0.25) is 0 Å². The molecule has 1 fully saturated rings. The van der Waals surface area contributed by atoms with Crippen LogP contribution in [0.1, 0.15) is 23.2 Å². The van der Waals surface area contributed by atoms with Crippen molar-refractivity contribution in [2.75, 3.05) is 18.8 Å². The highest BCUT2D eigenvalue weighted by atomic mass is 16.6. The average Bonchev–Trinajstić information content (AvgIpc) is 2.39. The molecule has 0 radical (unpaired) electrons. The van der Waals surface area contributed by atoms with Crippen LogP contribution in [0.4, 0.5) is 11.4 Å². The summed E-state index contributed by atoms with van der Waals surface area (Å²) in [6.45, 7) is 1.66. The first kappa shape index (κ1) is 13.3. The lowest BCUT2D eigenvalue weighted by atomic mass is 10.1. The molecule has 1 aromatic rings. The molecule has 1 aliphatic heterocycles. The summed E-state index contributed by atoms with van der Waals surface area (Å²) in [5.41, 5.74) is 5.49. The summed E-state index contributed by atoms with van der Waals surface area (Å²) in [6.07, 6.45) is 1.89. The third-order valence-corrected chi connectivity index (χ3v) is 3.16. The molecule has 102 valence electrons. The van der Waals surface area contributed by atoms with E-state index in [0.717, 1.165) is 19.4 Å². The summed E-state index contributed by atoms with van der Waals surface area (Å²) in [5, 5.41) is 16.8. The van der Waals surface area contributed by atoms with Gasteiger partial charge >= 0.3 is 0 Å². The molecule has 0 unspecified atom stereocenters. The zero-order chi connectivity index (χ0) is 13.8. The highest BCUT2D eigenvalue weighted by molar-refractivity contribution is 6.01. The molecule has 19 heavy (non-hydrogen) atoms. The lowest BCUT2D eigenvalue weighted by Crippen LogP contribution is -2.45. The summed E-state index contributed by atoms with van der Waals surface area (Å²) in [6, 6.07) is 4.28. The number of amides is 1. The van der Waals surface area contributed by atoms with E-state index in [2.05, 4.69) is 10.6 Å². The molecule has 1 atom stereocenters. The number of benzene rings is 1. The fraction of sp³-hybridized carbons (Fsp3) is 0.417. The molecule has 1 aliphatic rings. The minimum absolute atomic E-state index is 0.0416. The highest BCUT2D eigenvalue weighted by Crippen LogP contribution is 2.24. The SMILES string of the molecule is Nc1c(C(=O)N[C@H]2CCCNC2)cccc1[N+](=O)[O-]. The van der Waals surface area contributed by atoms with Crippen molar-refractivity contribution in [3.05, 3.63) is 33.9 Å². The molecule has 0 aliphatic carbocycles. The molecular formula is C12H16N4O3. The van der Waals surface area contributed by atoms with E-state index < -0.39 is 4.92 Å². The van der Waals surface area contributed by atoms with Crippen molar-refractivity contribution in [2.45, 2.75) is 18.9 Å². The Labute approximate surface area is 110 Å². The number of nitro benzene ring substituents is 1. The molecule has 0 saturated carbocycles. The molecule has 0 bridgehead atoms. The van der Waals surface area contributed by atoms with Crippen molar-refractivity contribution >= 4 is 17.3 Å². The van der Waals surface area contributed by atoms with Gasteiger partial charge in [0.05, 0.1) is 10.5 Å². The summed E-state index contributed by atoms with van der Waals surface area (Å²) < 4.78 is 0. The van der Waals surface area contributed by atoms with Gasteiger partial charge in [0, 0.05) is 18.7 Å². The number of rotatable bonds is 3. The summed E-state index contributed by atoms with van der Waals surface area (Å²) in [5.74, 6) is -0.366. The highest BCUT2D eigenvalue weighted by Gasteiger charge is 2.21. The van der Waals surface area contributed by atoms with E-state index in [-0.39, 0.29) is 28.9 Å². The number of carbonyl (C=O) groups excluding carboxylic acids is 1. The summed E-state index contributed by atoms with van der Waals surface area (Å²) in [4.78, 5) is 22.2. The van der Waals surface area contributed by atoms with Gasteiger partial charge in [-0.15, -0.1) is 0 Å². The number of nitrogens with one attached hydrogen (secondary N) is 2. The minimum atomic E-state index is -0.589. The number of nitro groups is 1. The monoisotopic (exact) mass is 264 g/mol. The Morgan fingerprint density at radius 3 is 2.95 bits per heavy atom. The number of nitrogens with two attached hydrogens (primary N) is 1.